The lowest BCUT2D eigenvalue weighted by molar-refractivity contribution is -0.0901. The second kappa shape index (κ2) is 8.91. The minimum atomic E-state index is -0.336. The molecule has 2 bridgehead atoms. The Morgan fingerprint density at radius 3 is 2.59 bits per heavy atom. The Bertz CT molecular complexity index is 735. The number of allylic oxidation sites excluding steroid dienone is 1. The Labute approximate surface area is 175 Å². The van der Waals surface area contributed by atoms with Crippen molar-refractivity contribution < 1.29 is 14.3 Å². The summed E-state index contributed by atoms with van der Waals surface area (Å²) < 4.78 is 11.8. The van der Waals surface area contributed by atoms with Crippen LogP contribution in [0.4, 0.5) is 4.79 Å². The molecule has 1 amide bonds. The van der Waals surface area contributed by atoms with Gasteiger partial charge in [0.1, 0.15) is 5.75 Å². The van der Waals surface area contributed by atoms with Crippen LogP contribution in [-0.4, -0.2) is 24.8 Å². The maximum atomic E-state index is 12.1. The largest absolute Gasteiger partial charge is 0.412 e. The number of benzene rings is 1. The third-order valence-electron chi connectivity index (χ3n) is 7.37. The first-order valence-electron chi connectivity index (χ1n) is 11.4. The summed E-state index contributed by atoms with van der Waals surface area (Å²) in [5, 5.41) is 3.00. The number of fused-ring (bicyclic) bond motifs is 2. The Balaban J connectivity index is 1.33. The van der Waals surface area contributed by atoms with Gasteiger partial charge in [-0.15, -0.1) is 0 Å². The highest BCUT2D eigenvalue weighted by Crippen LogP contribution is 2.45. The quantitative estimate of drug-likeness (QED) is 0.681. The zero-order chi connectivity index (χ0) is 20.4. The number of hydrogen-bond acceptors (Lipinski definition) is 3. The third kappa shape index (κ3) is 4.69. The van der Waals surface area contributed by atoms with Crippen LogP contribution in [0.2, 0.25) is 0 Å². The van der Waals surface area contributed by atoms with Gasteiger partial charge < -0.3 is 14.8 Å². The summed E-state index contributed by atoms with van der Waals surface area (Å²) in [5.41, 5.74) is 2.71. The molecule has 1 aromatic carbocycles. The van der Waals surface area contributed by atoms with Gasteiger partial charge in [-0.3, -0.25) is 0 Å². The molecule has 4 nitrogen and oxygen atoms in total. The van der Waals surface area contributed by atoms with Gasteiger partial charge >= 0.3 is 6.09 Å². The standard InChI is InChI=1S/C25H35NO3/c1-16-13-17(2)24-18(3)22(16)15-28-23(24)14-19-9-11-21(12-10-19)29-25(27)26-20-7-5-4-6-8-20/h9-13,16,18,20,22-24H,4-8,14-15H2,1-3H3,(H,26,27)/t16-,18-,22+,23-,24+/m1/s1. The second-order valence-corrected chi connectivity index (χ2v) is 9.41. The number of amides is 1. The lowest BCUT2D eigenvalue weighted by atomic mass is 9.65. The first-order chi connectivity index (χ1) is 14.0. The molecule has 3 aliphatic rings. The van der Waals surface area contributed by atoms with Gasteiger partial charge in [-0.05, 0) is 61.6 Å². The molecule has 1 aromatic rings. The first kappa shape index (κ1) is 20.5. The fourth-order valence-corrected chi connectivity index (χ4v) is 5.74. The van der Waals surface area contributed by atoms with Crippen molar-refractivity contribution in [1.82, 2.24) is 5.32 Å². The number of nitrogens with one attached hydrogen (secondary N) is 1. The van der Waals surface area contributed by atoms with E-state index in [9.17, 15) is 4.79 Å². The highest BCUT2D eigenvalue weighted by Gasteiger charge is 2.43. The molecule has 4 rings (SSSR count). The molecule has 1 aliphatic heterocycles. The lowest BCUT2D eigenvalue weighted by Crippen LogP contribution is -2.47. The first-order valence-corrected chi connectivity index (χ1v) is 11.4. The van der Waals surface area contributed by atoms with Gasteiger partial charge in [0.2, 0.25) is 0 Å². The fraction of sp³-hybridized carbons (Fsp3) is 0.640. The van der Waals surface area contributed by atoms with Gasteiger partial charge in [-0.1, -0.05) is 56.9 Å². The molecule has 0 radical (unpaired) electrons. The maximum absolute atomic E-state index is 12.1. The molecule has 2 fully saturated rings. The average molecular weight is 398 g/mol. The Morgan fingerprint density at radius 1 is 1.14 bits per heavy atom. The maximum Gasteiger partial charge on any atom is 0.412 e. The van der Waals surface area contributed by atoms with E-state index in [-0.39, 0.29) is 18.2 Å². The SMILES string of the molecule is CC1=C[C@@H](C)[C@@H]2CO[C@H](Cc3ccc(OC(=O)NC4CCCCC4)cc3)[C@@H]1[C@@H]2C. The van der Waals surface area contributed by atoms with E-state index >= 15 is 0 Å². The van der Waals surface area contributed by atoms with Crippen LogP contribution in [0, 0.1) is 23.7 Å². The summed E-state index contributed by atoms with van der Waals surface area (Å²) >= 11 is 0. The molecule has 1 saturated heterocycles. The number of rotatable bonds is 4. The monoisotopic (exact) mass is 397 g/mol. The predicted octanol–water partition coefficient (Wildman–Crippen LogP) is 5.51. The van der Waals surface area contributed by atoms with Crippen molar-refractivity contribution in [2.75, 3.05) is 6.61 Å². The molecular formula is C25H35NO3. The van der Waals surface area contributed by atoms with Crippen LogP contribution in [0.15, 0.2) is 35.9 Å². The molecule has 2 aliphatic carbocycles. The molecular weight excluding hydrogens is 362 g/mol. The second-order valence-electron chi connectivity index (χ2n) is 9.41. The molecule has 29 heavy (non-hydrogen) atoms. The number of carbonyl (C=O) groups excluding carboxylic acids is 1. The van der Waals surface area contributed by atoms with Crippen molar-refractivity contribution in [3.8, 4) is 5.75 Å². The molecule has 1 heterocycles. The molecule has 1 N–H and O–H groups in total. The smallest absolute Gasteiger partial charge is 0.410 e. The van der Waals surface area contributed by atoms with Crippen LogP contribution in [0.25, 0.3) is 0 Å². The molecule has 158 valence electrons. The van der Waals surface area contributed by atoms with Crippen molar-refractivity contribution in [2.24, 2.45) is 23.7 Å². The Kier molecular flexibility index (Phi) is 6.29. The van der Waals surface area contributed by atoms with E-state index in [4.69, 9.17) is 9.47 Å². The van der Waals surface area contributed by atoms with E-state index in [0.29, 0.717) is 29.4 Å². The normalized spacial score (nSPS) is 32.4. The number of carbonyl (C=O) groups is 1. The van der Waals surface area contributed by atoms with Crippen molar-refractivity contribution in [1.29, 1.82) is 0 Å². The van der Waals surface area contributed by atoms with Crippen molar-refractivity contribution >= 4 is 6.09 Å². The zero-order valence-electron chi connectivity index (χ0n) is 18.0. The van der Waals surface area contributed by atoms with Crippen molar-refractivity contribution in [3.63, 3.8) is 0 Å². The third-order valence-corrected chi connectivity index (χ3v) is 7.37. The van der Waals surface area contributed by atoms with E-state index in [1.807, 2.05) is 12.1 Å². The van der Waals surface area contributed by atoms with Gasteiger partial charge in [-0.25, -0.2) is 4.79 Å². The summed E-state index contributed by atoms with van der Waals surface area (Å²) in [6.07, 6.45) is 9.01. The van der Waals surface area contributed by atoms with E-state index in [1.165, 1.54) is 30.4 Å². The van der Waals surface area contributed by atoms with Crippen molar-refractivity contribution in [2.45, 2.75) is 71.4 Å². The van der Waals surface area contributed by atoms with Gasteiger partial charge in [0.15, 0.2) is 0 Å². The molecule has 4 heteroatoms. The summed E-state index contributed by atoms with van der Waals surface area (Å²) in [7, 11) is 0. The number of hydrogen-bond donors (Lipinski definition) is 1. The molecule has 0 aromatic heterocycles. The van der Waals surface area contributed by atoms with E-state index in [1.54, 1.807) is 0 Å². The van der Waals surface area contributed by atoms with Gasteiger partial charge in [-0.2, -0.15) is 0 Å². The highest BCUT2D eigenvalue weighted by molar-refractivity contribution is 5.70. The summed E-state index contributed by atoms with van der Waals surface area (Å²) in [6, 6.07) is 8.19. The van der Waals surface area contributed by atoms with Crippen LogP contribution in [-0.2, 0) is 11.2 Å². The van der Waals surface area contributed by atoms with E-state index < -0.39 is 0 Å². The topological polar surface area (TPSA) is 47.6 Å². The highest BCUT2D eigenvalue weighted by atomic mass is 16.6. The summed E-state index contributed by atoms with van der Waals surface area (Å²) in [6.45, 7) is 7.82. The Hall–Kier alpha value is -1.81. The van der Waals surface area contributed by atoms with Crippen LogP contribution < -0.4 is 10.1 Å². The van der Waals surface area contributed by atoms with Crippen LogP contribution >= 0.6 is 0 Å². The van der Waals surface area contributed by atoms with Gasteiger partial charge in [0, 0.05) is 12.0 Å². The fourth-order valence-electron chi connectivity index (χ4n) is 5.74. The van der Waals surface area contributed by atoms with E-state index in [0.717, 1.165) is 25.9 Å². The molecule has 1 saturated carbocycles. The predicted molar refractivity (Wildman–Crippen MR) is 115 cm³/mol. The zero-order valence-corrected chi connectivity index (χ0v) is 18.0. The molecule has 5 atom stereocenters. The molecule has 0 spiro atoms. The van der Waals surface area contributed by atoms with Crippen molar-refractivity contribution in [3.05, 3.63) is 41.5 Å². The molecule has 0 unspecified atom stereocenters. The minimum absolute atomic E-state index is 0.228. The van der Waals surface area contributed by atoms with Crippen LogP contribution in [0.5, 0.6) is 5.75 Å². The summed E-state index contributed by atoms with van der Waals surface area (Å²) in [4.78, 5) is 12.1. The lowest BCUT2D eigenvalue weighted by Gasteiger charge is -2.47. The minimum Gasteiger partial charge on any atom is -0.410 e. The van der Waals surface area contributed by atoms with Crippen LogP contribution in [0.1, 0.15) is 58.4 Å². The van der Waals surface area contributed by atoms with Gasteiger partial charge in [0.05, 0.1) is 12.7 Å². The summed E-state index contributed by atoms with van der Waals surface area (Å²) in [5.74, 6) is 3.02. The van der Waals surface area contributed by atoms with Gasteiger partial charge in [0.25, 0.3) is 0 Å². The van der Waals surface area contributed by atoms with E-state index in [2.05, 4.69) is 44.3 Å². The van der Waals surface area contributed by atoms with Crippen LogP contribution in [0.3, 0.4) is 0 Å². The average Bonchev–Trinajstić information content (AvgIpc) is 2.69. The Morgan fingerprint density at radius 2 is 1.86 bits per heavy atom. The number of ether oxygens (including phenoxy) is 2.